The van der Waals surface area contributed by atoms with Crippen molar-refractivity contribution in [3.05, 3.63) is 59.3 Å². The molecule has 6 rings (SSSR count). The minimum atomic E-state index is -0.261. The van der Waals surface area contributed by atoms with E-state index in [0.29, 0.717) is 12.5 Å². The zero-order chi connectivity index (χ0) is 18.7. The fraction of sp³-hybridized carbons (Fsp3) is 0.318. The number of ether oxygens (including phenoxy) is 2. The maximum atomic E-state index is 12.9. The van der Waals surface area contributed by atoms with E-state index >= 15 is 0 Å². The predicted molar refractivity (Wildman–Crippen MR) is 104 cm³/mol. The van der Waals surface area contributed by atoms with Gasteiger partial charge in [0, 0.05) is 22.6 Å². The molecule has 0 radical (unpaired) electrons. The molecule has 6 heteroatoms. The van der Waals surface area contributed by atoms with Crippen LogP contribution in [0.15, 0.2) is 42.5 Å². The molecule has 6 nitrogen and oxygen atoms in total. The van der Waals surface area contributed by atoms with Gasteiger partial charge in [-0.15, -0.1) is 0 Å². The molecule has 2 atom stereocenters. The Labute approximate surface area is 162 Å². The monoisotopic (exact) mass is 375 g/mol. The number of aromatic nitrogens is 1. The Bertz CT molecular complexity index is 1090. The zero-order valence-electron chi connectivity index (χ0n) is 15.3. The molecule has 1 aliphatic carbocycles. The van der Waals surface area contributed by atoms with E-state index in [0.717, 1.165) is 41.1 Å². The molecule has 0 spiro atoms. The summed E-state index contributed by atoms with van der Waals surface area (Å²) in [6.45, 7) is 0.251. The summed E-state index contributed by atoms with van der Waals surface area (Å²) in [5.41, 5.74) is 4.49. The van der Waals surface area contributed by atoms with Crippen molar-refractivity contribution in [1.29, 1.82) is 0 Å². The van der Waals surface area contributed by atoms with Crippen LogP contribution in [-0.4, -0.2) is 29.8 Å². The van der Waals surface area contributed by atoms with Gasteiger partial charge in [0.25, 0.3) is 0 Å². The highest BCUT2D eigenvalue weighted by Crippen LogP contribution is 2.39. The second kappa shape index (κ2) is 6.01. The molecular weight excluding hydrogens is 354 g/mol. The Morgan fingerprint density at radius 3 is 2.82 bits per heavy atom. The molecular formula is C22H21N3O3. The number of rotatable bonds is 3. The number of hydrogen-bond acceptors (Lipinski definition) is 4. The predicted octanol–water partition coefficient (Wildman–Crippen LogP) is 2.78. The number of para-hydroxylation sites is 1. The van der Waals surface area contributed by atoms with Gasteiger partial charge in [0.2, 0.25) is 12.7 Å². The van der Waals surface area contributed by atoms with E-state index in [1.54, 1.807) is 0 Å². The van der Waals surface area contributed by atoms with Crippen LogP contribution >= 0.6 is 0 Å². The number of carbonyl (C=O) groups is 1. The van der Waals surface area contributed by atoms with Crippen LogP contribution in [0.3, 0.4) is 0 Å². The van der Waals surface area contributed by atoms with Crippen molar-refractivity contribution in [3.63, 3.8) is 0 Å². The molecule has 2 aliphatic heterocycles. The third-order valence-electron chi connectivity index (χ3n) is 5.88. The van der Waals surface area contributed by atoms with Gasteiger partial charge in [-0.25, -0.2) is 0 Å². The summed E-state index contributed by atoms with van der Waals surface area (Å²) in [5, 5.41) is 7.91. The number of hydrogen-bond donors (Lipinski definition) is 3. The van der Waals surface area contributed by atoms with Crippen molar-refractivity contribution < 1.29 is 14.3 Å². The summed E-state index contributed by atoms with van der Waals surface area (Å²) in [6, 6.07) is 14.3. The number of carbonyl (C=O) groups excluding carboxylic acids is 1. The summed E-state index contributed by atoms with van der Waals surface area (Å²) in [7, 11) is 0. The third-order valence-corrected chi connectivity index (χ3v) is 5.88. The van der Waals surface area contributed by atoms with Crippen molar-refractivity contribution in [2.75, 3.05) is 6.79 Å². The number of nitrogens with one attached hydrogen (secondary N) is 3. The molecule has 1 aromatic heterocycles. The standard InChI is InChI=1S/C22H21N3O3/c26-22(23-13-6-7-13)17-10-15-14-3-1-2-4-16(14)24-21(15)20(25-17)12-5-8-18-19(9-12)28-11-27-18/h1-5,8-9,13,17,20,24-25H,6-7,10-11H2,(H,23,26)/t17-,20+/m0/s1. The first-order valence-electron chi connectivity index (χ1n) is 9.82. The van der Waals surface area contributed by atoms with Gasteiger partial charge in [0.1, 0.15) is 0 Å². The lowest BCUT2D eigenvalue weighted by Crippen LogP contribution is -2.50. The van der Waals surface area contributed by atoms with Crippen LogP contribution in [0.1, 0.15) is 35.7 Å². The Hall–Kier alpha value is -2.99. The minimum Gasteiger partial charge on any atom is -0.454 e. The molecule has 0 bridgehead atoms. The summed E-state index contributed by atoms with van der Waals surface area (Å²) in [6.07, 6.45) is 2.85. The highest BCUT2D eigenvalue weighted by atomic mass is 16.7. The number of aromatic amines is 1. The topological polar surface area (TPSA) is 75.4 Å². The first-order chi connectivity index (χ1) is 13.8. The molecule has 142 valence electrons. The molecule has 3 heterocycles. The number of fused-ring (bicyclic) bond motifs is 4. The van der Waals surface area contributed by atoms with Gasteiger partial charge in [0.15, 0.2) is 11.5 Å². The van der Waals surface area contributed by atoms with Crippen molar-refractivity contribution in [3.8, 4) is 11.5 Å². The Morgan fingerprint density at radius 2 is 1.93 bits per heavy atom. The van der Waals surface area contributed by atoms with Gasteiger partial charge < -0.3 is 19.8 Å². The fourth-order valence-electron chi connectivity index (χ4n) is 4.29. The van der Waals surface area contributed by atoms with Gasteiger partial charge in [-0.05, 0) is 48.6 Å². The quantitative estimate of drug-likeness (QED) is 0.658. The highest BCUT2D eigenvalue weighted by molar-refractivity contribution is 5.88. The van der Waals surface area contributed by atoms with Crippen LogP contribution in [0.25, 0.3) is 10.9 Å². The summed E-state index contributed by atoms with van der Waals surface area (Å²) in [4.78, 5) is 16.4. The Balaban J connectivity index is 1.44. The van der Waals surface area contributed by atoms with Gasteiger partial charge >= 0.3 is 0 Å². The van der Waals surface area contributed by atoms with Crippen molar-refractivity contribution in [2.45, 2.75) is 37.4 Å². The highest BCUT2D eigenvalue weighted by Gasteiger charge is 2.36. The van der Waals surface area contributed by atoms with E-state index in [1.807, 2.05) is 30.3 Å². The van der Waals surface area contributed by atoms with Crippen LogP contribution in [0.5, 0.6) is 11.5 Å². The normalized spacial score (nSPS) is 22.9. The largest absolute Gasteiger partial charge is 0.454 e. The molecule has 1 saturated carbocycles. The zero-order valence-corrected chi connectivity index (χ0v) is 15.3. The van der Waals surface area contributed by atoms with E-state index in [1.165, 1.54) is 10.9 Å². The SMILES string of the molecule is O=C(NC1CC1)[C@@H]1Cc2c([nH]c3ccccc23)[C@@H](c2ccc3c(c2)OCO3)N1. The second-order valence-electron chi connectivity index (χ2n) is 7.81. The van der Waals surface area contributed by atoms with E-state index < -0.39 is 0 Å². The van der Waals surface area contributed by atoms with Crippen LogP contribution in [0.4, 0.5) is 0 Å². The van der Waals surface area contributed by atoms with E-state index in [-0.39, 0.29) is 24.8 Å². The number of H-pyrrole nitrogens is 1. The lowest BCUT2D eigenvalue weighted by molar-refractivity contribution is -0.123. The number of benzene rings is 2. The average Bonchev–Trinajstić information content (AvgIpc) is 3.27. The molecule has 1 amide bonds. The fourth-order valence-corrected chi connectivity index (χ4v) is 4.29. The van der Waals surface area contributed by atoms with Gasteiger partial charge in [0.05, 0.1) is 12.1 Å². The van der Waals surface area contributed by atoms with Crippen LogP contribution < -0.4 is 20.1 Å². The molecule has 3 N–H and O–H groups in total. The lowest BCUT2D eigenvalue weighted by Gasteiger charge is -2.31. The smallest absolute Gasteiger partial charge is 0.237 e. The molecule has 0 unspecified atom stereocenters. The van der Waals surface area contributed by atoms with Gasteiger partial charge in [-0.3, -0.25) is 10.1 Å². The average molecular weight is 375 g/mol. The summed E-state index contributed by atoms with van der Waals surface area (Å²) in [5.74, 6) is 1.60. The molecule has 2 aromatic carbocycles. The Morgan fingerprint density at radius 1 is 1.07 bits per heavy atom. The van der Waals surface area contributed by atoms with E-state index in [9.17, 15) is 4.79 Å². The van der Waals surface area contributed by atoms with Crippen LogP contribution in [0, 0.1) is 0 Å². The summed E-state index contributed by atoms with van der Waals surface area (Å²) >= 11 is 0. The minimum absolute atomic E-state index is 0.0872. The number of amides is 1. The maximum Gasteiger partial charge on any atom is 0.237 e. The lowest BCUT2D eigenvalue weighted by atomic mass is 9.90. The van der Waals surface area contributed by atoms with Crippen LogP contribution in [-0.2, 0) is 11.2 Å². The third kappa shape index (κ3) is 2.56. The molecule has 1 fully saturated rings. The summed E-state index contributed by atoms with van der Waals surface area (Å²) < 4.78 is 11.0. The van der Waals surface area contributed by atoms with Crippen molar-refractivity contribution in [2.24, 2.45) is 0 Å². The van der Waals surface area contributed by atoms with E-state index in [4.69, 9.17) is 9.47 Å². The van der Waals surface area contributed by atoms with E-state index in [2.05, 4.69) is 27.8 Å². The van der Waals surface area contributed by atoms with Gasteiger partial charge in [-0.2, -0.15) is 0 Å². The first kappa shape index (κ1) is 16.0. The van der Waals surface area contributed by atoms with Gasteiger partial charge in [-0.1, -0.05) is 24.3 Å². The van der Waals surface area contributed by atoms with Crippen molar-refractivity contribution >= 4 is 16.8 Å². The second-order valence-corrected chi connectivity index (χ2v) is 7.81. The molecule has 3 aliphatic rings. The van der Waals surface area contributed by atoms with Crippen LogP contribution in [0.2, 0.25) is 0 Å². The maximum absolute atomic E-state index is 12.9. The van der Waals surface area contributed by atoms with Crippen molar-refractivity contribution in [1.82, 2.24) is 15.6 Å². The first-order valence-corrected chi connectivity index (χ1v) is 9.82. The molecule has 3 aromatic rings. The Kier molecular flexibility index (Phi) is 3.43. The molecule has 0 saturated heterocycles. The molecule has 28 heavy (non-hydrogen) atoms.